The van der Waals surface area contributed by atoms with E-state index in [-0.39, 0.29) is 0 Å². The van der Waals surface area contributed by atoms with Gasteiger partial charge in [0, 0.05) is 0 Å². The molecular formula is C10H9ClN2. The Morgan fingerprint density at radius 1 is 1.15 bits per heavy atom. The van der Waals surface area contributed by atoms with Crippen LogP contribution in [0.1, 0.15) is 18.5 Å². The molecule has 0 fully saturated rings. The van der Waals surface area contributed by atoms with Gasteiger partial charge in [-0.3, -0.25) is 0 Å². The lowest BCUT2D eigenvalue weighted by molar-refractivity contribution is 0.996. The predicted octanol–water partition coefficient (Wildman–Crippen LogP) is 2.86. The summed E-state index contributed by atoms with van der Waals surface area (Å²) in [6.45, 7) is 0. The van der Waals surface area contributed by atoms with Crippen LogP contribution in [0.3, 0.4) is 0 Å². The fraction of sp³-hybridized carbons (Fsp3) is 0.200. The molecule has 0 saturated heterocycles. The summed E-state index contributed by atoms with van der Waals surface area (Å²) < 4.78 is 0. The number of allylic oxidation sites excluding steroid dienone is 4. The first-order chi connectivity index (χ1) is 6.36. The van der Waals surface area contributed by atoms with Crippen molar-refractivity contribution in [2.45, 2.75) is 12.8 Å². The molecule has 0 aromatic carbocycles. The van der Waals surface area contributed by atoms with Crippen molar-refractivity contribution in [2.24, 2.45) is 0 Å². The molecule has 0 aliphatic heterocycles. The highest BCUT2D eigenvalue weighted by molar-refractivity contribution is 6.29. The summed E-state index contributed by atoms with van der Waals surface area (Å²) in [5.74, 6) is 0. The van der Waals surface area contributed by atoms with E-state index in [4.69, 9.17) is 11.6 Å². The number of halogens is 1. The standard InChI is InChI=1S/C10H9ClN2/c11-10-7-6-9(12-13-10)8-4-2-1-3-5-8/h2,4-7H,1,3H2. The van der Waals surface area contributed by atoms with E-state index >= 15 is 0 Å². The van der Waals surface area contributed by atoms with Gasteiger partial charge in [0.15, 0.2) is 5.15 Å². The third-order valence-corrected chi connectivity index (χ3v) is 2.12. The second kappa shape index (κ2) is 3.71. The highest BCUT2D eigenvalue weighted by Gasteiger charge is 2.02. The van der Waals surface area contributed by atoms with Crippen LogP contribution in [0.5, 0.6) is 0 Å². The molecule has 0 saturated carbocycles. The molecule has 13 heavy (non-hydrogen) atoms. The maximum Gasteiger partial charge on any atom is 0.151 e. The van der Waals surface area contributed by atoms with E-state index in [9.17, 15) is 0 Å². The van der Waals surface area contributed by atoms with Gasteiger partial charge < -0.3 is 0 Å². The Morgan fingerprint density at radius 3 is 2.69 bits per heavy atom. The minimum absolute atomic E-state index is 0.434. The maximum atomic E-state index is 5.64. The highest BCUT2D eigenvalue weighted by atomic mass is 35.5. The van der Waals surface area contributed by atoms with Crippen LogP contribution in [-0.4, -0.2) is 10.2 Å². The van der Waals surface area contributed by atoms with Gasteiger partial charge >= 0.3 is 0 Å². The molecule has 0 radical (unpaired) electrons. The molecule has 66 valence electrons. The second-order valence-electron chi connectivity index (χ2n) is 2.88. The van der Waals surface area contributed by atoms with Crippen molar-refractivity contribution < 1.29 is 0 Å². The Labute approximate surface area is 81.9 Å². The van der Waals surface area contributed by atoms with Gasteiger partial charge in [0.1, 0.15) is 0 Å². The number of nitrogens with zero attached hydrogens (tertiary/aromatic N) is 2. The molecule has 0 unspecified atom stereocenters. The van der Waals surface area contributed by atoms with E-state index in [1.165, 1.54) is 0 Å². The van der Waals surface area contributed by atoms with E-state index in [1.807, 2.05) is 6.07 Å². The van der Waals surface area contributed by atoms with Gasteiger partial charge in [0.05, 0.1) is 5.69 Å². The lowest BCUT2D eigenvalue weighted by Crippen LogP contribution is -1.92. The van der Waals surface area contributed by atoms with Crippen molar-refractivity contribution in [3.63, 3.8) is 0 Å². The van der Waals surface area contributed by atoms with Gasteiger partial charge in [-0.2, -0.15) is 0 Å². The minimum Gasteiger partial charge on any atom is -0.149 e. The van der Waals surface area contributed by atoms with Crippen LogP contribution < -0.4 is 0 Å². The zero-order chi connectivity index (χ0) is 9.10. The lowest BCUT2D eigenvalue weighted by Gasteiger charge is -2.04. The molecular weight excluding hydrogens is 184 g/mol. The number of hydrogen-bond acceptors (Lipinski definition) is 2. The monoisotopic (exact) mass is 192 g/mol. The number of hydrogen-bond donors (Lipinski definition) is 0. The molecule has 0 bridgehead atoms. The number of aromatic nitrogens is 2. The van der Waals surface area contributed by atoms with Crippen molar-refractivity contribution in [3.8, 4) is 0 Å². The first-order valence-corrected chi connectivity index (χ1v) is 4.60. The van der Waals surface area contributed by atoms with Gasteiger partial charge in [0.25, 0.3) is 0 Å². The van der Waals surface area contributed by atoms with Crippen molar-refractivity contribution in [1.29, 1.82) is 0 Å². The smallest absolute Gasteiger partial charge is 0.149 e. The lowest BCUT2D eigenvalue weighted by atomic mass is 10.0. The van der Waals surface area contributed by atoms with Crippen molar-refractivity contribution in [1.82, 2.24) is 10.2 Å². The summed E-state index contributed by atoms with van der Waals surface area (Å²) in [5.41, 5.74) is 2.02. The molecule has 1 aliphatic rings. The fourth-order valence-corrected chi connectivity index (χ4v) is 1.37. The molecule has 3 heteroatoms. The normalized spacial score (nSPS) is 15.6. The van der Waals surface area contributed by atoms with Crippen LogP contribution in [0.25, 0.3) is 5.57 Å². The molecule has 0 N–H and O–H groups in total. The SMILES string of the molecule is Clc1ccc(C2=CCCC=C2)nn1. The molecule has 1 aromatic heterocycles. The van der Waals surface area contributed by atoms with E-state index in [0.717, 1.165) is 24.1 Å². The van der Waals surface area contributed by atoms with E-state index in [2.05, 4.69) is 28.4 Å². The average Bonchev–Trinajstić information content (AvgIpc) is 2.20. The van der Waals surface area contributed by atoms with Crippen LogP contribution in [0.4, 0.5) is 0 Å². The van der Waals surface area contributed by atoms with E-state index in [1.54, 1.807) is 6.07 Å². The molecule has 0 atom stereocenters. The van der Waals surface area contributed by atoms with Crippen LogP contribution in [0, 0.1) is 0 Å². The minimum atomic E-state index is 0.434. The predicted molar refractivity (Wildman–Crippen MR) is 53.4 cm³/mol. The second-order valence-corrected chi connectivity index (χ2v) is 3.27. The molecule has 1 aliphatic carbocycles. The Hall–Kier alpha value is -1.15. The Kier molecular flexibility index (Phi) is 2.41. The summed E-state index contributed by atoms with van der Waals surface area (Å²) in [7, 11) is 0. The maximum absolute atomic E-state index is 5.64. The Morgan fingerprint density at radius 2 is 2.08 bits per heavy atom. The number of rotatable bonds is 1. The molecule has 1 heterocycles. The molecule has 0 spiro atoms. The molecule has 2 nitrogen and oxygen atoms in total. The molecule has 1 aromatic rings. The Balaban J connectivity index is 2.30. The zero-order valence-corrected chi connectivity index (χ0v) is 7.83. The third kappa shape index (κ3) is 1.95. The summed E-state index contributed by atoms with van der Waals surface area (Å²) in [5, 5.41) is 8.23. The first-order valence-electron chi connectivity index (χ1n) is 4.22. The van der Waals surface area contributed by atoms with Gasteiger partial charge in [-0.25, -0.2) is 0 Å². The summed E-state index contributed by atoms with van der Waals surface area (Å²) >= 11 is 5.64. The van der Waals surface area contributed by atoms with Gasteiger partial charge in [-0.05, 0) is 30.5 Å². The van der Waals surface area contributed by atoms with Crippen LogP contribution >= 0.6 is 11.6 Å². The molecule has 0 amide bonds. The zero-order valence-electron chi connectivity index (χ0n) is 7.07. The summed E-state index contributed by atoms with van der Waals surface area (Å²) in [4.78, 5) is 0. The Bertz CT molecular complexity index is 352. The topological polar surface area (TPSA) is 25.8 Å². The van der Waals surface area contributed by atoms with Gasteiger partial charge in [0.2, 0.25) is 0 Å². The highest BCUT2D eigenvalue weighted by Crippen LogP contribution is 2.19. The van der Waals surface area contributed by atoms with Crippen LogP contribution in [-0.2, 0) is 0 Å². The third-order valence-electron chi connectivity index (χ3n) is 1.92. The van der Waals surface area contributed by atoms with Crippen LogP contribution in [0.2, 0.25) is 5.15 Å². The average molecular weight is 193 g/mol. The molecule has 2 rings (SSSR count). The fourth-order valence-electron chi connectivity index (χ4n) is 1.27. The van der Waals surface area contributed by atoms with E-state index < -0.39 is 0 Å². The largest absolute Gasteiger partial charge is 0.151 e. The summed E-state index contributed by atoms with van der Waals surface area (Å²) in [6.07, 6.45) is 8.58. The van der Waals surface area contributed by atoms with Crippen molar-refractivity contribution in [2.75, 3.05) is 0 Å². The first kappa shape index (κ1) is 8.45. The summed E-state index contributed by atoms with van der Waals surface area (Å²) in [6, 6.07) is 3.64. The van der Waals surface area contributed by atoms with E-state index in [0.29, 0.717) is 5.15 Å². The van der Waals surface area contributed by atoms with Crippen molar-refractivity contribution in [3.05, 3.63) is 41.2 Å². The van der Waals surface area contributed by atoms with Crippen molar-refractivity contribution >= 4 is 17.2 Å². The quantitative estimate of drug-likeness (QED) is 0.684. The van der Waals surface area contributed by atoms with Gasteiger partial charge in [-0.1, -0.05) is 29.8 Å². The van der Waals surface area contributed by atoms with Gasteiger partial charge in [-0.15, -0.1) is 10.2 Å². The van der Waals surface area contributed by atoms with Crippen LogP contribution in [0.15, 0.2) is 30.4 Å².